The maximum atomic E-state index is 13.2. The van der Waals surface area contributed by atoms with E-state index in [2.05, 4.69) is 10.6 Å². The second kappa shape index (κ2) is 10.8. The van der Waals surface area contributed by atoms with Gasteiger partial charge in [-0.2, -0.15) is 0 Å². The number of hydrogen-bond donors (Lipinski definition) is 2. The first-order chi connectivity index (χ1) is 17.3. The van der Waals surface area contributed by atoms with Crippen molar-refractivity contribution in [3.8, 4) is 0 Å². The summed E-state index contributed by atoms with van der Waals surface area (Å²) in [7, 11) is 0. The molecule has 2 amide bonds. The van der Waals surface area contributed by atoms with Crippen molar-refractivity contribution >= 4 is 29.0 Å². The minimum atomic E-state index is -0.393. The van der Waals surface area contributed by atoms with Gasteiger partial charge in [-0.15, -0.1) is 0 Å². The Hall–Kier alpha value is -4.51. The van der Waals surface area contributed by atoms with Crippen molar-refractivity contribution in [2.75, 3.05) is 10.6 Å². The molecule has 0 aromatic heterocycles. The number of carbonyl (C=O) groups excluding carboxylic acids is 3. The lowest BCUT2D eigenvalue weighted by molar-refractivity contribution is 0.0993. The molecule has 4 rings (SSSR count). The summed E-state index contributed by atoms with van der Waals surface area (Å²) in [5.74, 6) is -0.957. The molecular weight excluding hydrogens is 448 g/mol. The molecule has 5 heteroatoms. The van der Waals surface area contributed by atoms with Crippen LogP contribution in [-0.4, -0.2) is 17.6 Å². The lowest BCUT2D eigenvalue weighted by Gasteiger charge is -2.12. The summed E-state index contributed by atoms with van der Waals surface area (Å²) in [5, 5.41) is 5.73. The fourth-order valence-corrected chi connectivity index (χ4v) is 4.01. The molecule has 4 aromatic rings. The molecule has 0 fully saturated rings. The Labute approximate surface area is 211 Å². The van der Waals surface area contributed by atoms with Crippen LogP contribution >= 0.6 is 0 Å². The van der Waals surface area contributed by atoms with E-state index in [0.717, 1.165) is 22.3 Å². The SMILES string of the molecule is Cc1cccc(CC(=O)c2cc(C(=O)Nc3cccc(C)c3)cc(C(=O)Nc3cccc(C)c3)c2)c1. The van der Waals surface area contributed by atoms with Crippen molar-refractivity contribution in [2.24, 2.45) is 0 Å². The van der Waals surface area contributed by atoms with Crippen molar-refractivity contribution < 1.29 is 14.4 Å². The maximum Gasteiger partial charge on any atom is 0.255 e. The van der Waals surface area contributed by atoms with E-state index in [9.17, 15) is 14.4 Å². The highest BCUT2D eigenvalue weighted by Gasteiger charge is 2.17. The Kier molecular flexibility index (Phi) is 7.40. The number of Topliss-reactive ketones (excluding diaryl/α,β-unsaturated/α-hetero) is 1. The van der Waals surface area contributed by atoms with Gasteiger partial charge in [-0.25, -0.2) is 0 Å². The molecule has 0 radical (unpaired) electrons. The molecule has 5 nitrogen and oxygen atoms in total. The summed E-state index contributed by atoms with van der Waals surface area (Å²) in [6.45, 7) is 5.85. The molecule has 0 heterocycles. The number of aryl methyl sites for hydroxylation is 3. The largest absolute Gasteiger partial charge is 0.322 e. The maximum absolute atomic E-state index is 13.2. The highest BCUT2D eigenvalue weighted by atomic mass is 16.2. The molecule has 0 spiro atoms. The number of hydrogen-bond acceptors (Lipinski definition) is 3. The molecule has 0 bridgehead atoms. The van der Waals surface area contributed by atoms with Crippen LogP contribution in [0.25, 0.3) is 0 Å². The summed E-state index contributed by atoms with van der Waals surface area (Å²) in [6, 6.07) is 27.2. The molecule has 2 N–H and O–H groups in total. The Morgan fingerprint density at radius 2 is 1.00 bits per heavy atom. The van der Waals surface area contributed by atoms with Gasteiger partial charge in [0, 0.05) is 34.5 Å². The van der Waals surface area contributed by atoms with Gasteiger partial charge >= 0.3 is 0 Å². The van der Waals surface area contributed by atoms with Gasteiger partial charge in [-0.1, -0.05) is 54.1 Å². The van der Waals surface area contributed by atoms with Gasteiger partial charge in [0.2, 0.25) is 0 Å². The topological polar surface area (TPSA) is 75.3 Å². The predicted octanol–water partition coefficient (Wildman–Crippen LogP) is 6.54. The molecule has 0 saturated carbocycles. The van der Waals surface area contributed by atoms with Gasteiger partial charge in [-0.3, -0.25) is 14.4 Å². The second-order valence-corrected chi connectivity index (χ2v) is 9.04. The van der Waals surface area contributed by atoms with Crippen LogP contribution in [-0.2, 0) is 6.42 Å². The van der Waals surface area contributed by atoms with Gasteiger partial charge in [0.15, 0.2) is 5.78 Å². The van der Waals surface area contributed by atoms with Crippen LogP contribution in [0.5, 0.6) is 0 Å². The van der Waals surface area contributed by atoms with Crippen LogP contribution in [0.1, 0.15) is 53.3 Å². The monoisotopic (exact) mass is 476 g/mol. The minimum absolute atomic E-state index is 0.170. The smallest absolute Gasteiger partial charge is 0.255 e. The van der Waals surface area contributed by atoms with Crippen LogP contribution in [0, 0.1) is 20.8 Å². The molecule has 0 saturated heterocycles. The first-order valence-electron chi connectivity index (χ1n) is 11.8. The van der Waals surface area contributed by atoms with E-state index in [1.807, 2.05) is 81.4 Å². The van der Waals surface area contributed by atoms with Crippen molar-refractivity contribution in [3.63, 3.8) is 0 Å². The van der Waals surface area contributed by atoms with Gasteiger partial charge in [0.25, 0.3) is 11.8 Å². The number of anilines is 2. The van der Waals surface area contributed by atoms with E-state index in [-0.39, 0.29) is 23.3 Å². The van der Waals surface area contributed by atoms with Crippen LogP contribution in [0.4, 0.5) is 11.4 Å². The van der Waals surface area contributed by atoms with Crippen LogP contribution in [0.2, 0.25) is 0 Å². The Morgan fingerprint density at radius 3 is 1.47 bits per heavy atom. The zero-order valence-electron chi connectivity index (χ0n) is 20.6. The molecule has 36 heavy (non-hydrogen) atoms. The highest BCUT2D eigenvalue weighted by molar-refractivity contribution is 6.11. The predicted molar refractivity (Wildman–Crippen MR) is 144 cm³/mol. The van der Waals surface area contributed by atoms with Crippen LogP contribution in [0.3, 0.4) is 0 Å². The van der Waals surface area contributed by atoms with Crippen molar-refractivity contribution in [1.82, 2.24) is 0 Å². The van der Waals surface area contributed by atoms with Gasteiger partial charge in [0.1, 0.15) is 0 Å². The number of ketones is 1. The molecular formula is C31H28N2O3. The third-order valence-electron chi connectivity index (χ3n) is 5.78. The number of carbonyl (C=O) groups is 3. The van der Waals surface area contributed by atoms with Gasteiger partial charge < -0.3 is 10.6 Å². The summed E-state index contributed by atoms with van der Waals surface area (Å²) < 4.78 is 0. The molecule has 0 aliphatic heterocycles. The molecule has 0 aliphatic carbocycles. The number of rotatable bonds is 7. The molecule has 180 valence electrons. The lowest BCUT2D eigenvalue weighted by atomic mass is 9.97. The van der Waals surface area contributed by atoms with E-state index < -0.39 is 11.8 Å². The fourth-order valence-electron chi connectivity index (χ4n) is 4.01. The van der Waals surface area contributed by atoms with E-state index in [4.69, 9.17) is 0 Å². The van der Waals surface area contributed by atoms with Crippen molar-refractivity contribution in [1.29, 1.82) is 0 Å². The van der Waals surface area contributed by atoms with Gasteiger partial charge in [-0.05, 0) is 79.9 Å². The van der Waals surface area contributed by atoms with Crippen molar-refractivity contribution in [2.45, 2.75) is 27.2 Å². The zero-order chi connectivity index (χ0) is 25.7. The minimum Gasteiger partial charge on any atom is -0.322 e. The van der Waals surface area contributed by atoms with E-state index in [0.29, 0.717) is 16.9 Å². The average Bonchev–Trinajstić information content (AvgIpc) is 2.84. The molecule has 0 atom stereocenters. The van der Waals surface area contributed by atoms with Crippen LogP contribution in [0.15, 0.2) is 91.0 Å². The summed E-state index contributed by atoms with van der Waals surface area (Å²) in [6.07, 6.45) is 0.170. The third kappa shape index (κ3) is 6.33. The fraction of sp³-hybridized carbons (Fsp3) is 0.129. The first-order valence-corrected chi connectivity index (χ1v) is 11.8. The first kappa shape index (κ1) is 24.6. The third-order valence-corrected chi connectivity index (χ3v) is 5.78. The molecule has 4 aromatic carbocycles. The zero-order valence-corrected chi connectivity index (χ0v) is 20.6. The van der Waals surface area contributed by atoms with E-state index in [1.165, 1.54) is 6.07 Å². The average molecular weight is 477 g/mol. The van der Waals surface area contributed by atoms with Crippen LogP contribution < -0.4 is 10.6 Å². The second-order valence-electron chi connectivity index (χ2n) is 9.04. The number of amides is 2. The quantitative estimate of drug-likeness (QED) is 0.297. The van der Waals surface area contributed by atoms with Gasteiger partial charge in [0.05, 0.1) is 0 Å². The Bertz CT molecular complexity index is 1270. The summed E-state index contributed by atoms with van der Waals surface area (Å²) in [5.41, 5.74) is 6.01. The number of nitrogens with one attached hydrogen (secondary N) is 2. The highest BCUT2D eigenvalue weighted by Crippen LogP contribution is 2.19. The summed E-state index contributed by atoms with van der Waals surface area (Å²) in [4.78, 5) is 39.5. The Morgan fingerprint density at radius 1 is 0.556 bits per heavy atom. The van der Waals surface area contributed by atoms with Crippen molar-refractivity contribution in [3.05, 3.63) is 130 Å². The molecule has 0 aliphatic rings. The Balaban J connectivity index is 1.66. The van der Waals surface area contributed by atoms with E-state index >= 15 is 0 Å². The summed E-state index contributed by atoms with van der Waals surface area (Å²) >= 11 is 0. The lowest BCUT2D eigenvalue weighted by Crippen LogP contribution is -2.18. The number of benzene rings is 4. The normalized spacial score (nSPS) is 10.5. The molecule has 0 unspecified atom stereocenters. The standard InChI is InChI=1S/C31H28N2O3/c1-20-7-4-10-23(13-20)16-29(34)24-17-25(30(35)32-27-11-5-8-21(2)14-27)19-26(18-24)31(36)33-28-12-6-9-22(3)15-28/h4-15,17-19H,16H2,1-3H3,(H,32,35)(H,33,36). The van der Waals surface area contributed by atoms with E-state index in [1.54, 1.807) is 24.3 Å².